The monoisotopic (exact) mass is 963 g/mol. The van der Waals surface area contributed by atoms with Crippen LogP contribution in [0.4, 0.5) is 0 Å². The summed E-state index contributed by atoms with van der Waals surface area (Å²) in [5.41, 5.74) is 6.60. The number of nitrogens with two attached hydrogens (primary N) is 1. The Morgan fingerprint density at radius 2 is 1.35 bits per heavy atom. The first-order valence-corrected chi connectivity index (χ1v) is 23.4. The Labute approximate surface area is 407 Å². The molecule has 1 saturated heterocycles. The summed E-state index contributed by atoms with van der Waals surface area (Å²) in [7, 11) is 1.81. The van der Waals surface area contributed by atoms with Crippen LogP contribution in [0.3, 0.4) is 0 Å². The van der Waals surface area contributed by atoms with Gasteiger partial charge in [0.2, 0.25) is 12.2 Å². The van der Waals surface area contributed by atoms with Crippen LogP contribution < -0.4 is 11.1 Å². The molecule has 0 spiro atoms. The number of esters is 3. The Morgan fingerprint density at radius 3 is 1.94 bits per heavy atom. The highest BCUT2D eigenvalue weighted by Crippen LogP contribution is 2.33. The first-order valence-electron chi connectivity index (χ1n) is 23.4. The zero-order valence-electron chi connectivity index (χ0n) is 41.6. The van der Waals surface area contributed by atoms with Crippen molar-refractivity contribution in [1.29, 1.82) is 5.41 Å². The van der Waals surface area contributed by atoms with Crippen LogP contribution in [0.5, 0.6) is 0 Å². The van der Waals surface area contributed by atoms with Crippen molar-refractivity contribution in [2.45, 2.75) is 150 Å². The smallest absolute Gasteiger partial charge is 0.337 e. The molecule has 380 valence electrons. The van der Waals surface area contributed by atoms with Crippen LogP contribution in [0.25, 0.3) is 0 Å². The number of guanidine groups is 1. The summed E-state index contributed by atoms with van der Waals surface area (Å²) in [6, 6.07) is -1.08. The van der Waals surface area contributed by atoms with Crippen LogP contribution in [0, 0.1) is 23.2 Å². The highest BCUT2D eigenvalue weighted by atomic mass is 16.7. The van der Waals surface area contributed by atoms with Crippen molar-refractivity contribution in [1.82, 2.24) is 10.2 Å². The van der Waals surface area contributed by atoms with E-state index in [2.05, 4.69) is 49.5 Å². The number of carbonyl (C=O) groups excluding carboxylic acids is 6. The lowest BCUT2D eigenvalue weighted by atomic mass is 9.92. The van der Waals surface area contributed by atoms with Gasteiger partial charge in [0.15, 0.2) is 41.9 Å². The van der Waals surface area contributed by atoms with Gasteiger partial charge in [-0.1, -0.05) is 106 Å². The third kappa shape index (κ3) is 22.2. The lowest BCUT2D eigenvalue weighted by Crippen LogP contribution is -2.64. The van der Waals surface area contributed by atoms with Crippen LogP contribution >= 0.6 is 0 Å². The van der Waals surface area contributed by atoms with Gasteiger partial charge in [-0.15, -0.1) is 0 Å². The number of carboxylic acids is 1. The number of nitrogens with one attached hydrogen (secondary N) is 2. The molecule has 0 radical (unpaired) electrons. The lowest BCUT2D eigenvalue weighted by molar-refractivity contribution is -0.309. The topological polar surface area (TPSA) is 251 Å². The number of amides is 1. The van der Waals surface area contributed by atoms with Crippen molar-refractivity contribution in [3.8, 4) is 0 Å². The predicted molar refractivity (Wildman–Crippen MR) is 261 cm³/mol. The number of aliphatic carboxylic acids is 1. The summed E-state index contributed by atoms with van der Waals surface area (Å²) in [5.74, 6) is -4.96. The average Bonchev–Trinajstić information content (AvgIpc) is 3.58. The fourth-order valence-electron chi connectivity index (χ4n) is 7.52. The fourth-order valence-corrected chi connectivity index (χ4v) is 7.52. The van der Waals surface area contributed by atoms with Crippen LogP contribution in [0.15, 0.2) is 96.2 Å². The maximum atomic E-state index is 12.6. The van der Waals surface area contributed by atoms with Crippen molar-refractivity contribution in [3.63, 3.8) is 0 Å². The Balaban J connectivity index is 2.27. The number of carbonyl (C=O) groups is 7. The van der Waals surface area contributed by atoms with E-state index in [4.69, 9.17) is 34.8 Å². The Bertz CT molecular complexity index is 2020. The molecule has 0 aromatic carbocycles. The number of carboxylic acid groups (broad SMARTS) is 1. The molecule has 9 unspecified atom stereocenters. The van der Waals surface area contributed by atoms with Crippen molar-refractivity contribution in [2.75, 3.05) is 13.6 Å². The molecule has 0 bridgehead atoms. The highest BCUT2D eigenvalue weighted by molar-refractivity contribution is 6.15. The van der Waals surface area contributed by atoms with E-state index in [0.29, 0.717) is 11.5 Å². The van der Waals surface area contributed by atoms with Crippen molar-refractivity contribution in [2.24, 2.45) is 23.5 Å². The standard InChI is InChI=1S/C52H74N4O13/c1-33(24-18-15-16-23-31-56(9)52(53)54)25-19-17-20-26-34(2)32-37(5)44(68-51-48(67-40(8)59)46(66-39(7)58)45(65-38(6)57)47(69-51)50(63)64)35(3)27-21-13-11-10-12-14-22-28-36(4)49(62)55-43-41(60)29-30-42(43)61/h10-15,18-19,21-22,25,27-28,32-35,43-48,51H,16-17,20,23-24,26,29-31H2,1-9H3,(H3,53,54)(H,55,62)(H,63,64)/b12-10+,13-11+,18-15?,22-14?,25-19?,27-21?,36-28?,37-32?. The second-order valence-electron chi connectivity index (χ2n) is 17.5. The van der Waals surface area contributed by atoms with E-state index in [1.54, 1.807) is 67.5 Å². The summed E-state index contributed by atoms with van der Waals surface area (Å²) in [6.07, 6.45) is 23.2. The molecular formula is C52H74N4O13. The molecule has 1 heterocycles. The molecule has 1 aliphatic heterocycles. The summed E-state index contributed by atoms with van der Waals surface area (Å²) >= 11 is 0. The number of unbranched alkanes of at least 4 members (excludes halogenated alkanes) is 2. The third-order valence-corrected chi connectivity index (χ3v) is 11.2. The summed E-state index contributed by atoms with van der Waals surface area (Å²) < 4.78 is 28.8. The van der Waals surface area contributed by atoms with E-state index >= 15 is 0 Å². The first kappa shape index (κ1) is 58.9. The number of rotatable bonds is 27. The lowest BCUT2D eigenvalue weighted by Gasteiger charge is -2.44. The van der Waals surface area contributed by atoms with E-state index in [1.807, 2.05) is 19.9 Å². The van der Waals surface area contributed by atoms with Gasteiger partial charge in [-0.25, -0.2) is 4.79 Å². The molecule has 2 rings (SSSR count). The molecule has 0 aromatic heterocycles. The highest BCUT2D eigenvalue weighted by Gasteiger charge is 2.55. The van der Waals surface area contributed by atoms with E-state index < -0.39 is 72.6 Å². The Hall–Kier alpha value is -6.20. The molecular weight excluding hydrogens is 889 g/mol. The zero-order valence-corrected chi connectivity index (χ0v) is 41.6. The van der Waals surface area contributed by atoms with E-state index in [0.717, 1.165) is 71.4 Å². The summed E-state index contributed by atoms with van der Waals surface area (Å²) in [5, 5.41) is 20.1. The van der Waals surface area contributed by atoms with Gasteiger partial charge in [0.25, 0.3) is 0 Å². The van der Waals surface area contributed by atoms with Gasteiger partial charge >= 0.3 is 23.9 Å². The third-order valence-electron chi connectivity index (χ3n) is 11.2. The summed E-state index contributed by atoms with van der Waals surface area (Å²) in [6.45, 7) is 13.6. The molecule has 1 saturated carbocycles. The maximum absolute atomic E-state index is 12.6. The largest absolute Gasteiger partial charge is 0.479 e. The van der Waals surface area contributed by atoms with E-state index in [-0.39, 0.29) is 42.2 Å². The molecule has 2 aliphatic rings. The van der Waals surface area contributed by atoms with Crippen molar-refractivity contribution >= 4 is 47.3 Å². The van der Waals surface area contributed by atoms with Gasteiger partial charge in [-0.3, -0.25) is 34.2 Å². The minimum atomic E-state index is -1.85. The molecule has 1 amide bonds. The fraction of sp³-hybridized carbons (Fsp3) is 0.538. The Morgan fingerprint density at radius 1 is 0.783 bits per heavy atom. The molecule has 17 nitrogen and oxygen atoms in total. The second kappa shape index (κ2) is 31.0. The number of hydrogen-bond donors (Lipinski definition) is 4. The van der Waals surface area contributed by atoms with Crippen molar-refractivity contribution in [3.05, 3.63) is 96.2 Å². The Kier molecular flexibility index (Phi) is 26.5. The summed E-state index contributed by atoms with van der Waals surface area (Å²) in [4.78, 5) is 87.3. The minimum Gasteiger partial charge on any atom is -0.479 e. The van der Waals surface area contributed by atoms with E-state index in [9.17, 15) is 38.7 Å². The number of ether oxygens (including phenoxy) is 5. The van der Waals surface area contributed by atoms with E-state index in [1.165, 1.54) is 0 Å². The first-order chi connectivity index (χ1) is 32.6. The quantitative estimate of drug-likeness (QED) is 0.00770. The van der Waals surface area contributed by atoms with Gasteiger partial charge in [0, 0.05) is 58.7 Å². The van der Waals surface area contributed by atoms with Crippen LogP contribution in [-0.4, -0.2) is 114 Å². The zero-order chi connectivity index (χ0) is 51.6. The number of allylic oxidation sites excluding steroid dienone is 13. The van der Waals surface area contributed by atoms with Crippen LogP contribution in [-0.2, 0) is 57.2 Å². The van der Waals surface area contributed by atoms with Gasteiger partial charge in [-0.05, 0) is 69.8 Å². The molecule has 9 atom stereocenters. The number of hydrogen-bond acceptors (Lipinski definition) is 13. The van der Waals surface area contributed by atoms with Crippen molar-refractivity contribution < 1.29 is 62.4 Å². The molecule has 69 heavy (non-hydrogen) atoms. The minimum absolute atomic E-state index is 0.0675. The molecule has 1 aliphatic carbocycles. The SMILES string of the molecule is CC(=O)OC1C(OC(C(C)=CC(C)CCCC=CC(C)CC=CCCCN(C)C(=N)N)C(C)C=C/C=C/C=C/C=CC=C(C)C(=O)NC2C(=O)CCC2=O)OC(C(=O)O)C(OC(C)=O)C1OC(C)=O. The van der Waals surface area contributed by atoms with Gasteiger partial charge in [-0.2, -0.15) is 0 Å². The normalized spacial score (nSPS) is 22.5. The number of Topliss-reactive ketones (excluding diaryl/α,β-unsaturated/α-hetero) is 2. The number of ketones is 2. The average molecular weight is 963 g/mol. The van der Waals surface area contributed by atoms with Crippen LogP contribution in [0.2, 0.25) is 0 Å². The predicted octanol–water partition coefficient (Wildman–Crippen LogP) is 6.70. The molecule has 5 N–H and O–H groups in total. The maximum Gasteiger partial charge on any atom is 0.337 e. The molecule has 2 fully saturated rings. The second-order valence-corrected chi connectivity index (χ2v) is 17.5. The van der Waals surface area contributed by atoms with Gasteiger partial charge in [0.05, 0.1) is 6.10 Å². The molecule has 0 aromatic rings. The van der Waals surface area contributed by atoms with Crippen LogP contribution in [0.1, 0.15) is 107 Å². The van der Waals surface area contributed by atoms with Gasteiger partial charge < -0.3 is 44.7 Å². The van der Waals surface area contributed by atoms with Gasteiger partial charge in [0.1, 0.15) is 6.04 Å². The number of nitrogens with zero attached hydrogens (tertiary/aromatic N) is 1. The molecule has 17 heteroatoms.